The lowest BCUT2D eigenvalue weighted by Crippen LogP contribution is -2.41. The van der Waals surface area contributed by atoms with Gasteiger partial charge in [0.05, 0.1) is 17.3 Å². The van der Waals surface area contributed by atoms with Crippen LogP contribution < -0.4 is 10.6 Å². The van der Waals surface area contributed by atoms with Crippen molar-refractivity contribution in [2.24, 2.45) is 0 Å². The average molecular weight is 291 g/mol. The molecule has 0 atom stereocenters. The largest absolute Gasteiger partial charge is 0.323 e. The number of carbonyl (C=O) groups excluding carboxylic acids is 1. The number of amides is 1. The van der Waals surface area contributed by atoms with Crippen LogP contribution in [0.1, 0.15) is 26.3 Å². The van der Waals surface area contributed by atoms with Gasteiger partial charge in [0, 0.05) is 5.54 Å². The molecule has 102 valence electrons. The van der Waals surface area contributed by atoms with Gasteiger partial charge in [0.25, 0.3) is 0 Å². The molecular formula is C13H20Cl2N2O. The van der Waals surface area contributed by atoms with Crippen molar-refractivity contribution < 1.29 is 4.79 Å². The van der Waals surface area contributed by atoms with Gasteiger partial charge in [-0.2, -0.15) is 0 Å². The Labute approximate surface area is 120 Å². The summed E-state index contributed by atoms with van der Waals surface area (Å²) in [4.78, 5) is 11.7. The van der Waals surface area contributed by atoms with E-state index in [1.165, 1.54) is 0 Å². The quantitative estimate of drug-likeness (QED) is 0.896. The minimum absolute atomic E-state index is 0. The number of hydrogen-bond acceptors (Lipinski definition) is 2. The van der Waals surface area contributed by atoms with E-state index in [9.17, 15) is 4.79 Å². The first-order valence-corrected chi connectivity index (χ1v) is 5.97. The van der Waals surface area contributed by atoms with Crippen LogP contribution in [0, 0.1) is 6.92 Å². The average Bonchev–Trinajstić information content (AvgIpc) is 2.20. The van der Waals surface area contributed by atoms with Gasteiger partial charge in [0.2, 0.25) is 5.91 Å². The Kier molecular flexibility index (Phi) is 6.68. The number of nitrogens with one attached hydrogen (secondary N) is 2. The maximum absolute atomic E-state index is 11.7. The smallest absolute Gasteiger partial charge is 0.238 e. The van der Waals surface area contributed by atoms with Crippen molar-refractivity contribution in [3.05, 3.63) is 28.8 Å². The van der Waals surface area contributed by atoms with Gasteiger partial charge in [-0.25, -0.2) is 0 Å². The summed E-state index contributed by atoms with van der Waals surface area (Å²) >= 11 is 6.03. The van der Waals surface area contributed by atoms with E-state index >= 15 is 0 Å². The fraction of sp³-hybridized carbons (Fsp3) is 0.462. The molecule has 18 heavy (non-hydrogen) atoms. The number of aryl methyl sites for hydroxylation is 1. The molecule has 5 heteroatoms. The maximum Gasteiger partial charge on any atom is 0.238 e. The Hall–Kier alpha value is -0.770. The van der Waals surface area contributed by atoms with Crippen LogP contribution in [0.15, 0.2) is 18.2 Å². The van der Waals surface area contributed by atoms with E-state index in [0.717, 1.165) is 5.56 Å². The van der Waals surface area contributed by atoms with Gasteiger partial charge >= 0.3 is 0 Å². The summed E-state index contributed by atoms with van der Waals surface area (Å²) in [6.07, 6.45) is 0. The number of halogens is 2. The monoisotopic (exact) mass is 290 g/mol. The number of rotatable bonds is 3. The summed E-state index contributed by atoms with van der Waals surface area (Å²) in [5.41, 5.74) is 1.57. The highest BCUT2D eigenvalue weighted by atomic mass is 35.5. The zero-order chi connectivity index (χ0) is 13.1. The number of anilines is 1. The molecule has 0 radical (unpaired) electrons. The predicted octanol–water partition coefficient (Wildman–Crippen LogP) is 3.40. The first-order valence-electron chi connectivity index (χ1n) is 5.59. The van der Waals surface area contributed by atoms with Crippen LogP contribution in [0.25, 0.3) is 0 Å². The molecule has 0 saturated carbocycles. The molecule has 0 bridgehead atoms. The van der Waals surface area contributed by atoms with Crippen LogP contribution in [0.3, 0.4) is 0 Å². The summed E-state index contributed by atoms with van der Waals surface area (Å²) in [5, 5.41) is 6.51. The molecule has 1 rings (SSSR count). The van der Waals surface area contributed by atoms with E-state index < -0.39 is 0 Å². The molecule has 3 nitrogen and oxygen atoms in total. The molecular weight excluding hydrogens is 271 g/mol. The summed E-state index contributed by atoms with van der Waals surface area (Å²) in [7, 11) is 0. The summed E-state index contributed by atoms with van der Waals surface area (Å²) < 4.78 is 0. The van der Waals surface area contributed by atoms with Crippen LogP contribution >= 0.6 is 24.0 Å². The summed E-state index contributed by atoms with van der Waals surface area (Å²) in [6, 6.07) is 5.54. The van der Waals surface area contributed by atoms with Gasteiger partial charge < -0.3 is 10.6 Å². The van der Waals surface area contributed by atoms with Gasteiger partial charge in [0.15, 0.2) is 0 Å². The highest BCUT2D eigenvalue weighted by Crippen LogP contribution is 2.24. The molecule has 0 aliphatic carbocycles. The van der Waals surface area contributed by atoms with Crippen molar-refractivity contribution in [3.63, 3.8) is 0 Å². The van der Waals surface area contributed by atoms with E-state index in [1.54, 1.807) is 6.07 Å². The molecule has 1 aromatic carbocycles. The first-order chi connectivity index (χ1) is 7.79. The second-order valence-electron chi connectivity index (χ2n) is 5.08. The Balaban J connectivity index is 0.00000289. The Morgan fingerprint density at radius 3 is 2.44 bits per heavy atom. The van der Waals surface area contributed by atoms with Crippen LogP contribution in [-0.2, 0) is 4.79 Å². The summed E-state index contributed by atoms with van der Waals surface area (Å²) in [6.45, 7) is 8.23. The fourth-order valence-corrected chi connectivity index (χ4v) is 1.59. The van der Waals surface area contributed by atoms with Crippen LogP contribution in [-0.4, -0.2) is 18.0 Å². The van der Waals surface area contributed by atoms with E-state index in [4.69, 9.17) is 11.6 Å². The second-order valence-corrected chi connectivity index (χ2v) is 5.49. The standard InChI is InChI=1S/C13H19ClN2O.ClH/c1-9-6-5-7-10(14)12(9)16-11(17)8-15-13(2,3)4;/h5-7,15H,8H2,1-4H3,(H,16,17);1H. The molecule has 0 fully saturated rings. The molecule has 1 aromatic rings. The van der Waals surface area contributed by atoms with E-state index in [0.29, 0.717) is 10.7 Å². The normalized spacial score (nSPS) is 10.7. The van der Waals surface area contributed by atoms with Crippen LogP contribution in [0.5, 0.6) is 0 Å². The second kappa shape index (κ2) is 6.98. The molecule has 0 heterocycles. The molecule has 0 saturated heterocycles. The van der Waals surface area contributed by atoms with E-state index in [2.05, 4.69) is 10.6 Å². The number of carbonyl (C=O) groups is 1. The van der Waals surface area contributed by atoms with Crippen molar-refractivity contribution in [3.8, 4) is 0 Å². The third-order valence-corrected chi connectivity index (χ3v) is 2.58. The topological polar surface area (TPSA) is 41.1 Å². The minimum Gasteiger partial charge on any atom is -0.323 e. The fourth-order valence-electron chi connectivity index (χ4n) is 1.32. The highest BCUT2D eigenvalue weighted by Gasteiger charge is 2.12. The molecule has 0 spiro atoms. The SMILES string of the molecule is Cc1cccc(Cl)c1NC(=O)CNC(C)(C)C.Cl. The van der Waals surface area contributed by atoms with Gasteiger partial charge in [0.1, 0.15) is 0 Å². The third kappa shape index (κ3) is 5.71. The van der Waals surface area contributed by atoms with Crippen molar-refractivity contribution in [2.45, 2.75) is 33.2 Å². The Bertz CT molecular complexity index is 394. The van der Waals surface area contributed by atoms with Crippen LogP contribution in [0.2, 0.25) is 5.02 Å². The lowest BCUT2D eigenvalue weighted by atomic mass is 10.1. The van der Waals surface area contributed by atoms with E-state index in [-0.39, 0.29) is 30.4 Å². The highest BCUT2D eigenvalue weighted by molar-refractivity contribution is 6.33. The maximum atomic E-state index is 11.7. The van der Waals surface area contributed by atoms with Crippen molar-refractivity contribution in [2.75, 3.05) is 11.9 Å². The van der Waals surface area contributed by atoms with Crippen molar-refractivity contribution in [1.29, 1.82) is 0 Å². The lowest BCUT2D eigenvalue weighted by Gasteiger charge is -2.20. The van der Waals surface area contributed by atoms with Gasteiger partial charge in [-0.1, -0.05) is 23.7 Å². The van der Waals surface area contributed by atoms with E-state index in [1.807, 2.05) is 39.8 Å². The van der Waals surface area contributed by atoms with Gasteiger partial charge in [-0.3, -0.25) is 4.79 Å². The molecule has 1 amide bonds. The zero-order valence-electron chi connectivity index (χ0n) is 11.1. The van der Waals surface area contributed by atoms with Crippen molar-refractivity contribution in [1.82, 2.24) is 5.32 Å². The van der Waals surface area contributed by atoms with Crippen LogP contribution in [0.4, 0.5) is 5.69 Å². The third-order valence-electron chi connectivity index (χ3n) is 2.27. The number of benzene rings is 1. The lowest BCUT2D eigenvalue weighted by molar-refractivity contribution is -0.115. The minimum atomic E-state index is -0.0869. The molecule has 0 aliphatic heterocycles. The molecule has 0 aliphatic rings. The predicted molar refractivity (Wildman–Crippen MR) is 79.8 cm³/mol. The van der Waals surface area contributed by atoms with Gasteiger partial charge in [-0.05, 0) is 39.3 Å². The number of para-hydroxylation sites is 1. The van der Waals surface area contributed by atoms with Crippen molar-refractivity contribution >= 4 is 35.6 Å². The first kappa shape index (κ1) is 17.2. The molecule has 2 N–H and O–H groups in total. The van der Waals surface area contributed by atoms with Gasteiger partial charge in [-0.15, -0.1) is 12.4 Å². The summed E-state index contributed by atoms with van der Waals surface area (Å²) in [5.74, 6) is -0.0869. The molecule has 0 aromatic heterocycles. The zero-order valence-corrected chi connectivity index (χ0v) is 12.7. The Morgan fingerprint density at radius 2 is 1.94 bits per heavy atom. The molecule has 0 unspecified atom stereocenters. The number of hydrogen-bond donors (Lipinski definition) is 2. The Morgan fingerprint density at radius 1 is 1.33 bits per heavy atom.